The quantitative estimate of drug-likeness (QED) is 0.525. The third kappa shape index (κ3) is 4.66. The molecule has 1 aromatic carbocycles. The summed E-state index contributed by atoms with van der Waals surface area (Å²) < 4.78 is 31.9. The van der Waals surface area contributed by atoms with E-state index in [1.165, 1.54) is 33.8 Å². The van der Waals surface area contributed by atoms with E-state index in [2.05, 4.69) is 10.3 Å². The molecule has 2 heterocycles. The molecule has 0 saturated heterocycles. The lowest BCUT2D eigenvalue weighted by Gasteiger charge is -2.19. The molecule has 0 unspecified atom stereocenters. The number of aromatic hydroxyl groups is 1. The van der Waals surface area contributed by atoms with Crippen molar-refractivity contribution in [1.29, 1.82) is 0 Å². The minimum atomic E-state index is -3.71. The zero-order chi connectivity index (χ0) is 21.0. The summed E-state index contributed by atoms with van der Waals surface area (Å²) in [7, 11) is -3.71. The Bertz CT molecular complexity index is 1090. The van der Waals surface area contributed by atoms with Gasteiger partial charge in [-0.15, -0.1) is 11.3 Å². The van der Waals surface area contributed by atoms with Crippen LogP contribution in [0.15, 0.2) is 51.3 Å². The van der Waals surface area contributed by atoms with Crippen molar-refractivity contribution in [2.24, 2.45) is 0 Å². The average Bonchev–Trinajstić information content (AvgIpc) is 3.35. The van der Waals surface area contributed by atoms with Crippen LogP contribution in [-0.2, 0) is 21.2 Å². The summed E-state index contributed by atoms with van der Waals surface area (Å²) in [6, 6.07) is 7.36. The number of sulfonamides is 1. The largest absolute Gasteiger partial charge is 0.506 e. The molecule has 29 heavy (non-hydrogen) atoms. The van der Waals surface area contributed by atoms with Gasteiger partial charge in [0.05, 0.1) is 29.0 Å². The molecule has 1 amide bonds. The van der Waals surface area contributed by atoms with Gasteiger partial charge >= 0.3 is 0 Å². The van der Waals surface area contributed by atoms with Gasteiger partial charge < -0.3 is 14.8 Å². The van der Waals surface area contributed by atoms with Crippen molar-refractivity contribution in [3.8, 4) is 16.5 Å². The van der Waals surface area contributed by atoms with Gasteiger partial charge in [0.2, 0.25) is 15.9 Å². The van der Waals surface area contributed by atoms with E-state index in [0.717, 1.165) is 0 Å². The van der Waals surface area contributed by atoms with Crippen LogP contribution in [0.5, 0.6) is 5.75 Å². The van der Waals surface area contributed by atoms with Gasteiger partial charge in [-0.2, -0.15) is 4.31 Å². The number of hydrogen-bond donors (Lipinski definition) is 2. The summed E-state index contributed by atoms with van der Waals surface area (Å²) in [5.41, 5.74) is 0.579. The van der Waals surface area contributed by atoms with Gasteiger partial charge in [-0.25, -0.2) is 13.4 Å². The van der Waals surface area contributed by atoms with Crippen LogP contribution in [-0.4, -0.2) is 41.8 Å². The van der Waals surface area contributed by atoms with Gasteiger partial charge in [0.15, 0.2) is 10.8 Å². The molecule has 0 aliphatic heterocycles. The highest BCUT2D eigenvalue weighted by Crippen LogP contribution is 2.29. The Morgan fingerprint density at radius 3 is 2.69 bits per heavy atom. The number of benzene rings is 1. The molecule has 3 aromatic rings. The number of rotatable bonds is 8. The number of carbonyl (C=O) groups excluding carboxylic acids is 1. The van der Waals surface area contributed by atoms with Crippen molar-refractivity contribution in [3.05, 3.63) is 47.7 Å². The molecule has 10 heteroatoms. The normalized spacial score (nSPS) is 11.7. The predicted octanol–water partition coefficient (Wildman–Crippen LogP) is 3.32. The number of hydrogen-bond acceptors (Lipinski definition) is 7. The lowest BCUT2D eigenvalue weighted by Crippen LogP contribution is -2.30. The summed E-state index contributed by atoms with van der Waals surface area (Å²) >= 11 is 1.35. The van der Waals surface area contributed by atoms with Crippen molar-refractivity contribution in [2.75, 3.05) is 18.4 Å². The highest BCUT2D eigenvalue weighted by molar-refractivity contribution is 7.89. The first-order valence-electron chi connectivity index (χ1n) is 8.96. The maximum absolute atomic E-state index is 12.7. The van der Waals surface area contributed by atoms with Gasteiger partial charge in [-0.1, -0.05) is 13.8 Å². The van der Waals surface area contributed by atoms with E-state index in [4.69, 9.17) is 4.42 Å². The first-order chi connectivity index (χ1) is 13.8. The monoisotopic (exact) mass is 435 g/mol. The van der Waals surface area contributed by atoms with Crippen molar-refractivity contribution in [3.63, 3.8) is 0 Å². The van der Waals surface area contributed by atoms with E-state index in [9.17, 15) is 18.3 Å². The summed E-state index contributed by atoms with van der Waals surface area (Å²) in [5, 5.41) is 15.0. The molecule has 8 nitrogen and oxygen atoms in total. The van der Waals surface area contributed by atoms with Crippen molar-refractivity contribution >= 4 is 33.0 Å². The van der Waals surface area contributed by atoms with E-state index in [-0.39, 0.29) is 22.8 Å². The lowest BCUT2D eigenvalue weighted by atomic mass is 10.2. The van der Waals surface area contributed by atoms with E-state index < -0.39 is 15.9 Å². The van der Waals surface area contributed by atoms with E-state index >= 15 is 0 Å². The number of carbonyl (C=O) groups is 1. The van der Waals surface area contributed by atoms with Crippen LogP contribution in [0.1, 0.15) is 19.5 Å². The molecule has 0 aliphatic carbocycles. The van der Waals surface area contributed by atoms with Gasteiger partial charge in [-0.05, 0) is 30.3 Å². The Kier molecular flexibility index (Phi) is 6.36. The molecule has 0 radical (unpaired) electrons. The maximum Gasteiger partial charge on any atom is 0.243 e. The molecule has 0 atom stereocenters. The Labute approximate surface area is 172 Å². The third-order valence-electron chi connectivity index (χ3n) is 4.21. The van der Waals surface area contributed by atoms with Gasteiger partial charge in [0.25, 0.3) is 0 Å². The van der Waals surface area contributed by atoms with Crippen LogP contribution in [0.3, 0.4) is 0 Å². The van der Waals surface area contributed by atoms with Crippen LogP contribution in [0.2, 0.25) is 0 Å². The second kappa shape index (κ2) is 8.76. The Morgan fingerprint density at radius 2 is 2.03 bits per heavy atom. The molecule has 0 bridgehead atoms. The number of nitrogens with zero attached hydrogens (tertiary/aromatic N) is 2. The first kappa shape index (κ1) is 21.0. The number of anilines is 1. The first-order valence-corrected chi connectivity index (χ1v) is 11.3. The van der Waals surface area contributed by atoms with Crippen LogP contribution < -0.4 is 5.32 Å². The molecule has 0 saturated carbocycles. The van der Waals surface area contributed by atoms with E-state index in [0.29, 0.717) is 29.6 Å². The van der Waals surface area contributed by atoms with Crippen LogP contribution in [0.4, 0.5) is 5.69 Å². The fourth-order valence-corrected chi connectivity index (χ4v) is 5.02. The number of aromatic nitrogens is 1. The summed E-state index contributed by atoms with van der Waals surface area (Å²) in [6.07, 6.45) is 1.52. The topological polar surface area (TPSA) is 113 Å². The molecule has 0 fully saturated rings. The molecular weight excluding hydrogens is 414 g/mol. The number of furan rings is 1. The zero-order valence-electron chi connectivity index (χ0n) is 16.0. The summed E-state index contributed by atoms with van der Waals surface area (Å²) in [5.74, 6) is -0.0194. The smallest absolute Gasteiger partial charge is 0.243 e. The van der Waals surface area contributed by atoms with E-state index in [1.54, 1.807) is 37.6 Å². The number of thiazole rings is 1. The number of phenols is 1. The van der Waals surface area contributed by atoms with Gasteiger partial charge in [-0.3, -0.25) is 4.79 Å². The summed E-state index contributed by atoms with van der Waals surface area (Å²) in [6.45, 7) is 4.14. The highest BCUT2D eigenvalue weighted by Gasteiger charge is 2.23. The van der Waals surface area contributed by atoms with Crippen molar-refractivity contribution in [2.45, 2.75) is 25.2 Å². The molecule has 154 valence electrons. The fraction of sp³-hybridized carbons (Fsp3) is 0.263. The number of nitrogens with one attached hydrogen (secondary N) is 1. The molecule has 2 aromatic heterocycles. The fourth-order valence-electron chi connectivity index (χ4n) is 2.75. The van der Waals surface area contributed by atoms with Crippen LogP contribution >= 0.6 is 11.3 Å². The molecule has 0 spiro atoms. The minimum Gasteiger partial charge on any atom is -0.506 e. The molecule has 3 rings (SSSR count). The van der Waals surface area contributed by atoms with Gasteiger partial charge in [0, 0.05) is 18.5 Å². The second-order valence-corrected chi connectivity index (χ2v) is 8.91. The second-order valence-electron chi connectivity index (χ2n) is 6.11. The zero-order valence-corrected chi connectivity index (χ0v) is 17.6. The molecular formula is C19H21N3O5S2. The van der Waals surface area contributed by atoms with Crippen molar-refractivity contribution in [1.82, 2.24) is 9.29 Å². The number of phenolic OH excluding ortho intramolecular Hbond substituents is 1. The number of amides is 1. The minimum absolute atomic E-state index is 0.00284. The molecule has 0 aliphatic rings. The Morgan fingerprint density at radius 1 is 1.28 bits per heavy atom. The predicted molar refractivity (Wildman–Crippen MR) is 110 cm³/mol. The van der Waals surface area contributed by atoms with Crippen molar-refractivity contribution < 1.29 is 22.7 Å². The standard InChI is InChI=1S/C19H21N3O5S2/c1-3-22(4-2)29(25,26)14-7-8-16(23)15(11-14)21-18(24)10-13-12-28-19(20-13)17-6-5-9-27-17/h5-9,11-12,23H,3-4,10H2,1-2H3,(H,21,24). The SMILES string of the molecule is CCN(CC)S(=O)(=O)c1ccc(O)c(NC(=O)Cc2csc(-c3ccco3)n2)c1. The van der Waals surface area contributed by atoms with E-state index in [1.807, 2.05) is 0 Å². The van der Waals surface area contributed by atoms with Crippen LogP contribution in [0.25, 0.3) is 10.8 Å². The third-order valence-corrected chi connectivity index (χ3v) is 7.16. The highest BCUT2D eigenvalue weighted by atomic mass is 32.2. The average molecular weight is 436 g/mol. The maximum atomic E-state index is 12.7. The Balaban J connectivity index is 1.75. The van der Waals surface area contributed by atoms with Gasteiger partial charge in [0.1, 0.15) is 5.75 Å². The molecule has 2 N–H and O–H groups in total. The van der Waals surface area contributed by atoms with Crippen LogP contribution in [0, 0.1) is 0 Å². The Hall–Kier alpha value is -2.69. The summed E-state index contributed by atoms with van der Waals surface area (Å²) in [4.78, 5) is 16.8. The lowest BCUT2D eigenvalue weighted by molar-refractivity contribution is -0.115.